The highest BCUT2D eigenvalue weighted by molar-refractivity contribution is 6.29. The number of nitrogens with one attached hydrogen (secondary N) is 1. The molecule has 2 heterocycles. The van der Waals surface area contributed by atoms with Crippen molar-refractivity contribution < 1.29 is 4.39 Å². The number of halogens is 2. The van der Waals surface area contributed by atoms with E-state index in [9.17, 15) is 9.18 Å². The van der Waals surface area contributed by atoms with E-state index in [0.717, 1.165) is 6.20 Å². The summed E-state index contributed by atoms with van der Waals surface area (Å²) >= 11 is 5.64. The van der Waals surface area contributed by atoms with Crippen LogP contribution in [-0.4, -0.2) is 9.97 Å². The van der Waals surface area contributed by atoms with Crippen molar-refractivity contribution in [2.75, 3.05) is 0 Å². The Balaban J connectivity index is 2.63. The van der Waals surface area contributed by atoms with Gasteiger partial charge in [-0.2, -0.15) is 0 Å². The number of rotatable bonds is 1. The Labute approximate surface area is 89.6 Å². The quantitative estimate of drug-likeness (QED) is 0.755. The smallest absolute Gasteiger partial charge is 0.248 e. The van der Waals surface area contributed by atoms with Crippen molar-refractivity contribution in [2.45, 2.75) is 0 Å². The number of aromatic nitrogens is 2. The minimum atomic E-state index is -0.527. The average molecular weight is 225 g/mol. The summed E-state index contributed by atoms with van der Waals surface area (Å²) in [5.41, 5.74) is 0.317. The molecule has 2 aromatic rings. The van der Waals surface area contributed by atoms with Crippen molar-refractivity contribution in [3.63, 3.8) is 0 Å². The highest BCUT2D eigenvalue weighted by Gasteiger charge is 2.06. The Morgan fingerprint density at radius 1 is 1.40 bits per heavy atom. The van der Waals surface area contributed by atoms with Crippen LogP contribution >= 0.6 is 11.6 Å². The van der Waals surface area contributed by atoms with Gasteiger partial charge in [0.2, 0.25) is 5.56 Å². The molecule has 0 saturated carbocycles. The van der Waals surface area contributed by atoms with Crippen molar-refractivity contribution in [3.8, 4) is 11.3 Å². The number of pyridine rings is 2. The second-order valence-corrected chi connectivity index (χ2v) is 3.30. The molecule has 0 bridgehead atoms. The van der Waals surface area contributed by atoms with Crippen LogP contribution in [0.3, 0.4) is 0 Å². The van der Waals surface area contributed by atoms with Crippen molar-refractivity contribution in [1.82, 2.24) is 9.97 Å². The van der Waals surface area contributed by atoms with Gasteiger partial charge in [-0.3, -0.25) is 4.79 Å². The van der Waals surface area contributed by atoms with E-state index in [2.05, 4.69) is 9.97 Å². The molecule has 0 amide bonds. The van der Waals surface area contributed by atoms with Crippen LogP contribution in [0.1, 0.15) is 0 Å². The lowest BCUT2D eigenvalue weighted by Gasteiger charge is -2.02. The first-order chi connectivity index (χ1) is 7.16. The minimum Gasteiger partial charge on any atom is -0.322 e. The predicted octanol–water partition coefficient (Wildman–Crippen LogP) is 2.23. The fourth-order valence-electron chi connectivity index (χ4n) is 1.22. The summed E-state index contributed by atoms with van der Waals surface area (Å²) in [6, 6.07) is 5.85. The molecule has 0 unspecified atom stereocenters. The minimum absolute atomic E-state index is 0.177. The zero-order chi connectivity index (χ0) is 10.8. The lowest BCUT2D eigenvalue weighted by Crippen LogP contribution is -2.04. The van der Waals surface area contributed by atoms with E-state index in [1.54, 1.807) is 12.1 Å². The van der Waals surface area contributed by atoms with Crippen molar-refractivity contribution in [1.29, 1.82) is 0 Å². The van der Waals surface area contributed by atoms with Gasteiger partial charge in [0.1, 0.15) is 5.15 Å². The summed E-state index contributed by atoms with van der Waals surface area (Å²) < 4.78 is 13.3. The molecule has 5 heteroatoms. The van der Waals surface area contributed by atoms with E-state index >= 15 is 0 Å². The number of aromatic amines is 1. The fraction of sp³-hybridized carbons (Fsp3) is 0. The lowest BCUT2D eigenvalue weighted by molar-refractivity contribution is 0.624. The van der Waals surface area contributed by atoms with E-state index in [0.29, 0.717) is 5.69 Å². The third-order valence-electron chi connectivity index (χ3n) is 1.88. The van der Waals surface area contributed by atoms with Crippen LogP contribution in [0.15, 0.2) is 35.3 Å². The second-order valence-electron chi connectivity index (χ2n) is 2.92. The first-order valence-electron chi connectivity index (χ1n) is 4.17. The molecule has 15 heavy (non-hydrogen) atoms. The molecule has 0 saturated heterocycles. The van der Waals surface area contributed by atoms with E-state index in [-0.39, 0.29) is 16.3 Å². The average Bonchev–Trinajstić information content (AvgIpc) is 2.22. The van der Waals surface area contributed by atoms with E-state index in [1.165, 1.54) is 12.1 Å². The van der Waals surface area contributed by atoms with Gasteiger partial charge in [-0.05, 0) is 12.1 Å². The molecule has 1 N–H and O–H groups in total. The predicted molar refractivity (Wildman–Crippen MR) is 55.3 cm³/mol. The van der Waals surface area contributed by atoms with Crippen molar-refractivity contribution >= 4 is 11.6 Å². The Kier molecular flexibility index (Phi) is 2.51. The third-order valence-corrected chi connectivity index (χ3v) is 2.09. The van der Waals surface area contributed by atoms with Gasteiger partial charge in [0.15, 0.2) is 5.82 Å². The molecule has 0 aliphatic rings. The van der Waals surface area contributed by atoms with Crippen LogP contribution in [-0.2, 0) is 0 Å². The number of nitrogens with zero attached hydrogens (tertiary/aromatic N) is 1. The molecule has 0 fully saturated rings. The Bertz CT molecular complexity index is 553. The van der Waals surface area contributed by atoms with E-state index in [1.807, 2.05) is 0 Å². The molecule has 0 aliphatic carbocycles. The second kappa shape index (κ2) is 3.82. The van der Waals surface area contributed by atoms with Crippen LogP contribution in [0.5, 0.6) is 0 Å². The molecule has 0 aliphatic heterocycles. The third kappa shape index (κ3) is 2.05. The summed E-state index contributed by atoms with van der Waals surface area (Å²) in [4.78, 5) is 17.1. The van der Waals surface area contributed by atoms with Gasteiger partial charge in [-0.25, -0.2) is 9.37 Å². The Morgan fingerprint density at radius 2 is 2.20 bits per heavy atom. The van der Waals surface area contributed by atoms with Gasteiger partial charge in [0.25, 0.3) is 0 Å². The lowest BCUT2D eigenvalue weighted by atomic mass is 10.2. The topological polar surface area (TPSA) is 45.8 Å². The van der Waals surface area contributed by atoms with E-state index in [4.69, 9.17) is 11.6 Å². The van der Waals surface area contributed by atoms with Crippen LogP contribution in [0.25, 0.3) is 11.3 Å². The zero-order valence-corrected chi connectivity index (χ0v) is 8.25. The normalized spacial score (nSPS) is 10.3. The summed E-state index contributed by atoms with van der Waals surface area (Å²) in [6.45, 7) is 0. The van der Waals surface area contributed by atoms with Crippen LogP contribution in [0.4, 0.5) is 4.39 Å². The molecule has 3 nitrogen and oxygen atoms in total. The van der Waals surface area contributed by atoms with Crippen LogP contribution in [0, 0.1) is 5.82 Å². The molecular weight excluding hydrogens is 219 g/mol. The maximum atomic E-state index is 13.3. The van der Waals surface area contributed by atoms with Gasteiger partial charge >= 0.3 is 0 Å². The Morgan fingerprint density at radius 3 is 2.93 bits per heavy atom. The molecular formula is C10H6ClFN2O. The molecule has 0 spiro atoms. The summed E-state index contributed by atoms with van der Waals surface area (Å²) in [5, 5.41) is 0.177. The molecule has 2 rings (SSSR count). The number of H-pyrrole nitrogens is 1. The SMILES string of the molecule is O=c1cccc(-c2cc(Cl)ncc2F)[nH]1. The summed E-state index contributed by atoms with van der Waals surface area (Å²) in [5.74, 6) is -0.527. The molecule has 2 aromatic heterocycles. The summed E-state index contributed by atoms with van der Waals surface area (Å²) in [7, 11) is 0. The van der Waals surface area contributed by atoms with Gasteiger partial charge in [-0.1, -0.05) is 17.7 Å². The molecule has 0 aromatic carbocycles. The van der Waals surface area contributed by atoms with Crippen molar-refractivity contribution in [3.05, 3.63) is 51.8 Å². The van der Waals surface area contributed by atoms with Gasteiger partial charge in [0.05, 0.1) is 11.9 Å². The van der Waals surface area contributed by atoms with Gasteiger partial charge < -0.3 is 4.98 Å². The van der Waals surface area contributed by atoms with Gasteiger partial charge in [-0.15, -0.1) is 0 Å². The maximum absolute atomic E-state index is 13.3. The van der Waals surface area contributed by atoms with Crippen LogP contribution < -0.4 is 5.56 Å². The van der Waals surface area contributed by atoms with E-state index < -0.39 is 5.82 Å². The fourth-order valence-corrected chi connectivity index (χ4v) is 1.38. The first-order valence-corrected chi connectivity index (χ1v) is 4.55. The Hall–Kier alpha value is -1.68. The highest BCUT2D eigenvalue weighted by Crippen LogP contribution is 2.21. The summed E-state index contributed by atoms with van der Waals surface area (Å²) in [6.07, 6.45) is 1.02. The molecule has 0 radical (unpaired) electrons. The molecule has 0 atom stereocenters. The number of hydrogen-bond acceptors (Lipinski definition) is 2. The largest absolute Gasteiger partial charge is 0.322 e. The number of hydrogen-bond donors (Lipinski definition) is 1. The molecule has 76 valence electrons. The highest BCUT2D eigenvalue weighted by atomic mass is 35.5. The van der Waals surface area contributed by atoms with Crippen LogP contribution in [0.2, 0.25) is 5.15 Å². The maximum Gasteiger partial charge on any atom is 0.248 e. The van der Waals surface area contributed by atoms with Gasteiger partial charge in [0, 0.05) is 11.6 Å². The standard InChI is InChI=1S/C10H6ClFN2O/c11-9-4-6(7(12)5-13-9)8-2-1-3-10(15)14-8/h1-5H,(H,14,15). The van der Waals surface area contributed by atoms with Crippen molar-refractivity contribution in [2.24, 2.45) is 0 Å². The zero-order valence-electron chi connectivity index (χ0n) is 7.50. The first kappa shape index (κ1) is 9.86. The monoisotopic (exact) mass is 224 g/mol.